The average Bonchev–Trinajstić information content (AvgIpc) is 2.98. The Kier molecular flexibility index (Phi) is 5.97. The smallest absolute Gasteiger partial charge is 0.503 e. The van der Waals surface area contributed by atoms with Crippen LogP contribution in [0.25, 0.3) is 0 Å². The summed E-state index contributed by atoms with van der Waals surface area (Å²) in [7, 11) is 1.49. The van der Waals surface area contributed by atoms with Gasteiger partial charge in [0.1, 0.15) is 11.5 Å². The van der Waals surface area contributed by atoms with Crippen molar-refractivity contribution in [1.29, 1.82) is 0 Å². The largest absolute Gasteiger partial charge is 0.573 e. The van der Waals surface area contributed by atoms with Gasteiger partial charge in [-0.1, -0.05) is 26.0 Å². The summed E-state index contributed by atoms with van der Waals surface area (Å²) >= 11 is 0. The minimum Gasteiger partial charge on any atom is -0.503 e. The van der Waals surface area contributed by atoms with Crippen molar-refractivity contribution in [3.8, 4) is 11.5 Å². The standard InChI is InChI=1S/C22H20F3NO5/c1-12(2)19(27)17-18(13-4-8-15(30-3)9-5-13)26(21(29)20(17)28)14-6-10-16(11-7-14)31-22(23,24)25/h4-12,18,28H,1-3H3. The lowest BCUT2D eigenvalue weighted by Gasteiger charge is -2.27. The molecular weight excluding hydrogens is 415 g/mol. The maximum absolute atomic E-state index is 12.9. The Morgan fingerprint density at radius 3 is 2.06 bits per heavy atom. The Hall–Kier alpha value is -3.49. The molecule has 1 atom stereocenters. The van der Waals surface area contributed by atoms with Gasteiger partial charge in [-0.05, 0) is 42.0 Å². The minimum absolute atomic E-state index is 0.0687. The van der Waals surface area contributed by atoms with Crippen LogP contribution in [0.3, 0.4) is 0 Å². The normalized spacial score (nSPS) is 16.8. The third kappa shape index (κ3) is 4.50. The van der Waals surface area contributed by atoms with Crippen molar-refractivity contribution >= 4 is 17.4 Å². The van der Waals surface area contributed by atoms with E-state index in [0.717, 1.165) is 12.1 Å². The Morgan fingerprint density at radius 1 is 1.03 bits per heavy atom. The maximum atomic E-state index is 12.9. The van der Waals surface area contributed by atoms with Crippen LogP contribution in [0.2, 0.25) is 0 Å². The Balaban J connectivity index is 2.07. The molecule has 1 aliphatic rings. The second kappa shape index (κ2) is 8.33. The molecule has 1 aliphatic heterocycles. The van der Waals surface area contributed by atoms with Crippen LogP contribution in [0.1, 0.15) is 25.5 Å². The van der Waals surface area contributed by atoms with Crippen LogP contribution in [0.15, 0.2) is 59.9 Å². The Bertz CT molecular complexity index is 1010. The van der Waals surface area contributed by atoms with Gasteiger partial charge in [-0.25, -0.2) is 0 Å². The van der Waals surface area contributed by atoms with E-state index in [1.807, 2.05) is 0 Å². The van der Waals surface area contributed by atoms with Crippen LogP contribution in [-0.2, 0) is 9.59 Å². The molecule has 164 valence electrons. The molecule has 2 aromatic rings. The number of rotatable bonds is 6. The number of hydrogen-bond donors (Lipinski definition) is 1. The number of aliphatic hydroxyl groups is 1. The van der Waals surface area contributed by atoms with Gasteiger partial charge in [0.15, 0.2) is 11.5 Å². The van der Waals surface area contributed by atoms with Gasteiger partial charge in [-0.15, -0.1) is 13.2 Å². The van der Waals surface area contributed by atoms with Crippen LogP contribution >= 0.6 is 0 Å². The summed E-state index contributed by atoms with van der Waals surface area (Å²) in [5, 5.41) is 10.5. The molecule has 1 N–H and O–H groups in total. The number of aliphatic hydroxyl groups excluding tert-OH is 1. The maximum Gasteiger partial charge on any atom is 0.573 e. The summed E-state index contributed by atoms with van der Waals surface area (Å²) in [6.45, 7) is 3.29. The van der Waals surface area contributed by atoms with Crippen LogP contribution in [0.4, 0.5) is 18.9 Å². The summed E-state index contributed by atoms with van der Waals surface area (Å²) in [5.74, 6) is -2.32. The number of carbonyl (C=O) groups is 2. The number of methoxy groups -OCH3 is 1. The summed E-state index contributed by atoms with van der Waals surface area (Å²) in [4.78, 5) is 26.9. The number of amides is 1. The first-order valence-corrected chi connectivity index (χ1v) is 9.34. The summed E-state index contributed by atoms with van der Waals surface area (Å²) in [6.07, 6.45) is -4.85. The van der Waals surface area contributed by atoms with E-state index in [2.05, 4.69) is 4.74 Å². The number of alkyl halides is 3. The second-order valence-electron chi connectivity index (χ2n) is 7.17. The molecule has 6 nitrogen and oxygen atoms in total. The minimum atomic E-state index is -4.85. The molecule has 0 aromatic heterocycles. The highest BCUT2D eigenvalue weighted by molar-refractivity contribution is 6.16. The SMILES string of the molecule is COc1ccc(C2C(C(=O)C(C)C)=C(O)C(=O)N2c2ccc(OC(F)(F)F)cc2)cc1. The number of nitrogens with zero attached hydrogens (tertiary/aromatic N) is 1. The molecule has 0 saturated heterocycles. The quantitative estimate of drug-likeness (QED) is 0.711. The van der Waals surface area contributed by atoms with E-state index in [0.29, 0.717) is 11.3 Å². The average molecular weight is 435 g/mol. The molecule has 31 heavy (non-hydrogen) atoms. The second-order valence-corrected chi connectivity index (χ2v) is 7.17. The molecule has 0 fully saturated rings. The molecule has 9 heteroatoms. The number of ketones is 1. The number of halogens is 3. The molecule has 1 unspecified atom stereocenters. The predicted molar refractivity (Wildman–Crippen MR) is 106 cm³/mol. The van der Waals surface area contributed by atoms with E-state index in [1.54, 1.807) is 38.1 Å². The van der Waals surface area contributed by atoms with E-state index in [-0.39, 0.29) is 11.3 Å². The van der Waals surface area contributed by atoms with Gasteiger partial charge in [-0.2, -0.15) is 0 Å². The fourth-order valence-electron chi connectivity index (χ4n) is 3.34. The van der Waals surface area contributed by atoms with Crippen molar-refractivity contribution in [2.45, 2.75) is 26.3 Å². The molecule has 0 spiro atoms. The first-order chi connectivity index (χ1) is 14.5. The molecular formula is C22H20F3NO5. The monoisotopic (exact) mass is 435 g/mol. The molecule has 1 heterocycles. The fourth-order valence-corrected chi connectivity index (χ4v) is 3.34. The molecule has 0 saturated carbocycles. The van der Waals surface area contributed by atoms with Crippen LogP contribution < -0.4 is 14.4 Å². The third-order valence-corrected chi connectivity index (χ3v) is 4.78. The molecule has 2 aromatic carbocycles. The van der Waals surface area contributed by atoms with Gasteiger partial charge in [0, 0.05) is 11.6 Å². The van der Waals surface area contributed by atoms with E-state index in [9.17, 15) is 27.9 Å². The molecule has 0 radical (unpaired) electrons. The van der Waals surface area contributed by atoms with E-state index >= 15 is 0 Å². The Labute approximate surface area is 176 Å². The number of ether oxygens (including phenoxy) is 2. The lowest BCUT2D eigenvalue weighted by Crippen LogP contribution is -2.31. The predicted octanol–water partition coefficient (Wildman–Crippen LogP) is 4.72. The van der Waals surface area contributed by atoms with Crippen molar-refractivity contribution in [2.75, 3.05) is 12.0 Å². The zero-order valence-electron chi connectivity index (χ0n) is 16.9. The van der Waals surface area contributed by atoms with Crippen LogP contribution in [-0.4, -0.2) is 30.3 Å². The first-order valence-electron chi connectivity index (χ1n) is 9.34. The van der Waals surface area contributed by atoms with Crippen molar-refractivity contribution in [3.05, 3.63) is 65.4 Å². The number of Topliss-reactive ketones (excluding diaryl/α,β-unsaturated/α-hetero) is 1. The lowest BCUT2D eigenvalue weighted by atomic mass is 9.91. The topological polar surface area (TPSA) is 76.1 Å². The number of benzene rings is 2. The van der Waals surface area contributed by atoms with E-state index in [4.69, 9.17) is 4.74 Å². The van der Waals surface area contributed by atoms with Crippen molar-refractivity contribution < 1.29 is 37.3 Å². The van der Waals surface area contributed by atoms with Gasteiger partial charge in [-0.3, -0.25) is 14.5 Å². The summed E-state index contributed by atoms with van der Waals surface area (Å²) in [6, 6.07) is 10.3. The number of anilines is 1. The van der Waals surface area contributed by atoms with Crippen LogP contribution in [0.5, 0.6) is 11.5 Å². The summed E-state index contributed by atoms with van der Waals surface area (Å²) in [5.41, 5.74) is 0.650. The number of carbonyl (C=O) groups excluding carboxylic acids is 2. The molecule has 0 bridgehead atoms. The first kappa shape index (κ1) is 22.2. The van der Waals surface area contributed by atoms with E-state index in [1.165, 1.54) is 24.1 Å². The van der Waals surface area contributed by atoms with Gasteiger partial charge < -0.3 is 14.6 Å². The molecule has 3 rings (SSSR count). The zero-order chi connectivity index (χ0) is 22.9. The highest BCUT2D eigenvalue weighted by Crippen LogP contribution is 2.42. The Morgan fingerprint density at radius 2 is 1.58 bits per heavy atom. The van der Waals surface area contributed by atoms with Crippen molar-refractivity contribution in [1.82, 2.24) is 0 Å². The summed E-state index contributed by atoms with van der Waals surface area (Å²) < 4.78 is 46.3. The van der Waals surface area contributed by atoms with Gasteiger partial charge in [0.05, 0.1) is 18.7 Å². The lowest BCUT2D eigenvalue weighted by molar-refractivity contribution is -0.274. The highest BCUT2D eigenvalue weighted by Gasteiger charge is 2.44. The van der Waals surface area contributed by atoms with Crippen molar-refractivity contribution in [2.24, 2.45) is 5.92 Å². The van der Waals surface area contributed by atoms with Gasteiger partial charge >= 0.3 is 6.36 Å². The third-order valence-electron chi connectivity index (χ3n) is 4.78. The zero-order valence-corrected chi connectivity index (χ0v) is 16.9. The van der Waals surface area contributed by atoms with Crippen molar-refractivity contribution in [3.63, 3.8) is 0 Å². The van der Waals surface area contributed by atoms with E-state index < -0.39 is 41.5 Å². The van der Waals surface area contributed by atoms with Gasteiger partial charge in [0.25, 0.3) is 5.91 Å². The molecule has 1 amide bonds. The highest BCUT2D eigenvalue weighted by atomic mass is 19.4. The van der Waals surface area contributed by atoms with Gasteiger partial charge in [0.2, 0.25) is 0 Å². The molecule has 0 aliphatic carbocycles. The van der Waals surface area contributed by atoms with Crippen LogP contribution in [0, 0.1) is 5.92 Å². The fraction of sp³-hybridized carbons (Fsp3) is 0.273. The number of hydrogen-bond acceptors (Lipinski definition) is 5.